The fourth-order valence-electron chi connectivity index (χ4n) is 6.45. The van der Waals surface area contributed by atoms with E-state index < -0.39 is 12.7 Å². The molecule has 0 spiro atoms. The molecule has 38 heavy (non-hydrogen) atoms. The molecule has 0 bridgehead atoms. The Hall–Kier alpha value is -3.65. The van der Waals surface area contributed by atoms with Crippen LogP contribution in [-0.4, -0.2) is 0 Å². The van der Waals surface area contributed by atoms with Gasteiger partial charge in [-0.3, -0.25) is 0 Å². The van der Waals surface area contributed by atoms with Crippen molar-refractivity contribution in [1.29, 1.82) is 0 Å². The summed E-state index contributed by atoms with van der Waals surface area (Å²) < 4.78 is 43.2. The van der Waals surface area contributed by atoms with Crippen LogP contribution < -0.4 is 4.57 Å². The summed E-state index contributed by atoms with van der Waals surface area (Å²) in [7, 11) is 1.90. The molecule has 0 radical (unpaired) electrons. The number of aryl methyl sites for hydroxylation is 3. The maximum absolute atomic E-state index is 9.56. The van der Waals surface area contributed by atoms with Crippen LogP contribution >= 0.6 is 0 Å². The molecule has 2 heteroatoms. The van der Waals surface area contributed by atoms with Gasteiger partial charge in [0.05, 0.1) is 5.56 Å². The zero-order chi connectivity index (χ0) is 29.6. The van der Waals surface area contributed by atoms with Gasteiger partial charge in [0.25, 0.3) is 0 Å². The van der Waals surface area contributed by atoms with Crippen LogP contribution in [0.15, 0.2) is 77.3 Å². The van der Waals surface area contributed by atoms with Crippen molar-refractivity contribution in [2.45, 2.75) is 59.2 Å². The summed E-state index contributed by atoms with van der Waals surface area (Å²) in [5.74, 6) is -0.948. The van der Waals surface area contributed by atoms with Gasteiger partial charge in [0, 0.05) is 27.9 Å². The molecule has 190 valence electrons. The van der Waals surface area contributed by atoms with Crippen LogP contribution in [0.1, 0.15) is 67.6 Å². The molecule has 2 nitrogen and oxygen atoms in total. The first-order chi connectivity index (χ1) is 19.8. The minimum Gasteiger partial charge on any atom is -0.455 e. The van der Waals surface area contributed by atoms with Crippen molar-refractivity contribution in [3.63, 3.8) is 0 Å². The maximum Gasteiger partial charge on any atom is 0.216 e. The molecule has 6 aromatic rings. The van der Waals surface area contributed by atoms with Crippen molar-refractivity contribution in [2.75, 3.05) is 0 Å². The quantitative estimate of drug-likeness (QED) is 0.170. The second kappa shape index (κ2) is 8.43. The molecule has 0 saturated heterocycles. The van der Waals surface area contributed by atoms with E-state index in [0.717, 1.165) is 62.4 Å². The Kier molecular flexibility index (Phi) is 4.31. The summed E-state index contributed by atoms with van der Waals surface area (Å²) in [6, 6.07) is 23.3. The van der Waals surface area contributed by atoms with Gasteiger partial charge in [-0.25, -0.2) is 4.57 Å². The molecule has 2 aromatic heterocycles. The molecule has 0 unspecified atom stereocenters. The minimum atomic E-state index is -2.31. The van der Waals surface area contributed by atoms with E-state index in [-0.39, 0.29) is 11.0 Å². The summed E-state index contributed by atoms with van der Waals surface area (Å²) in [5.41, 5.74) is 5.53. The van der Waals surface area contributed by atoms with Crippen molar-refractivity contribution < 1.29 is 14.5 Å². The van der Waals surface area contributed by atoms with Gasteiger partial charge >= 0.3 is 0 Å². The van der Waals surface area contributed by atoms with Gasteiger partial charge in [0.15, 0.2) is 6.20 Å². The average Bonchev–Trinajstić information content (AvgIpc) is 3.30. The van der Waals surface area contributed by atoms with Gasteiger partial charge in [-0.1, -0.05) is 62.4 Å². The van der Waals surface area contributed by atoms with Gasteiger partial charge in [-0.05, 0) is 95.6 Å². The molecule has 0 N–H and O–H groups in total. The third-order valence-corrected chi connectivity index (χ3v) is 8.83. The summed E-state index contributed by atoms with van der Waals surface area (Å²) in [6.07, 6.45) is 4.81. The molecule has 1 saturated carbocycles. The Balaban J connectivity index is 1.49. The monoisotopic (exact) mass is 502 g/mol. The number of furan rings is 1. The SMILES string of the molecule is [2H]C([2H])([2H])c1c[n+](C)c(-c2c(C)ccc3c2oc2cc4c(ccc5ccccc54)cc23)cc1C1([2H])CCC(C)(C)CC1. The smallest absolute Gasteiger partial charge is 0.216 e. The fourth-order valence-corrected chi connectivity index (χ4v) is 6.45. The Bertz CT molecular complexity index is 2040. The van der Waals surface area contributed by atoms with Crippen molar-refractivity contribution >= 4 is 43.5 Å². The number of hydrogen-bond acceptors (Lipinski definition) is 1. The highest BCUT2D eigenvalue weighted by atomic mass is 16.3. The molecule has 0 aliphatic heterocycles. The number of benzene rings is 4. The third kappa shape index (κ3) is 3.65. The number of rotatable bonds is 2. The highest BCUT2D eigenvalue weighted by Gasteiger charge is 2.30. The highest BCUT2D eigenvalue weighted by Crippen LogP contribution is 2.44. The van der Waals surface area contributed by atoms with E-state index in [1.807, 2.05) is 17.7 Å². The Morgan fingerprint density at radius 1 is 0.868 bits per heavy atom. The average molecular weight is 503 g/mol. The highest BCUT2D eigenvalue weighted by molar-refractivity contribution is 6.17. The Morgan fingerprint density at radius 2 is 1.66 bits per heavy atom. The number of hydrogen-bond donors (Lipinski definition) is 0. The van der Waals surface area contributed by atoms with Gasteiger partial charge in [-0.15, -0.1) is 0 Å². The van der Waals surface area contributed by atoms with Crippen LogP contribution in [0.3, 0.4) is 0 Å². The van der Waals surface area contributed by atoms with Gasteiger partial charge in [0.2, 0.25) is 5.69 Å². The molecule has 4 aromatic carbocycles. The maximum atomic E-state index is 9.56. The van der Waals surface area contributed by atoms with E-state index in [1.165, 1.54) is 10.8 Å². The van der Waals surface area contributed by atoms with E-state index in [9.17, 15) is 1.37 Å². The Morgan fingerprint density at radius 3 is 2.47 bits per heavy atom. The zero-order valence-electron chi connectivity index (χ0n) is 26.6. The van der Waals surface area contributed by atoms with Gasteiger partial charge in [-0.2, -0.15) is 0 Å². The van der Waals surface area contributed by atoms with Crippen LogP contribution in [0.2, 0.25) is 0 Å². The standard InChI is InChI=1S/C36H36NO/c1-22-10-13-28-31-18-26-12-11-24-8-6-7-9-27(24)30(26)20-33(31)38-35(28)34(22)32-19-29(23(2)21-37(32)5)25-14-16-36(3,4)17-15-25/h6-13,18-21,25H,14-17H2,1-5H3/q+1/i2D3,25D. The van der Waals surface area contributed by atoms with E-state index in [2.05, 4.69) is 81.4 Å². The largest absolute Gasteiger partial charge is 0.455 e. The van der Waals surface area contributed by atoms with Crippen LogP contribution in [0.25, 0.3) is 54.7 Å². The van der Waals surface area contributed by atoms with Crippen molar-refractivity contribution in [2.24, 2.45) is 12.5 Å². The van der Waals surface area contributed by atoms with Crippen LogP contribution in [-0.2, 0) is 7.05 Å². The van der Waals surface area contributed by atoms with Crippen molar-refractivity contribution in [3.8, 4) is 11.3 Å². The Labute approximate surface area is 230 Å². The molecule has 1 fully saturated rings. The van der Waals surface area contributed by atoms with Crippen LogP contribution in [0, 0.1) is 19.2 Å². The van der Waals surface area contributed by atoms with Crippen LogP contribution in [0.4, 0.5) is 0 Å². The molecule has 1 aliphatic carbocycles. The van der Waals surface area contributed by atoms with Gasteiger partial charge < -0.3 is 4.42 Å². The van der Waals surface area contributed by atoms with E-state index in [4.69, 9.17) is 8.53 Å². The minimum absolute atomic E-state index is 0.165. The lowest BCUT2D eigenvalue weighted by atomic mass is 9.71. The first-order valence-electron chi connectivity index (χ1n) is 15.7. The molecule has 0 atom stereocenters. The van der Waals surface area contributed by atoms with Crippen molar-refractivity contribution in [3.05, 3.63) is 89.6 Å². The molecule has 2 heterocycles. The topological polar surface area (TPSA) is 17.0 Å². The normalized spacial score (nSPS) is 18.9. The molecule has 0 amide bonds. The lowest BCUT2D eigenvalue weighted by molar-refractivity contribution is -0.660. The zero-order valence-corrected chi connectivity index (χ0v) is 22.6. The molecule has 7 rings (SSSR count). The number of pyridine rings is 1. The summed E-state index contributed by atoms with van der Waals surface area (Å²) in [6.45, 7) is 4.25. The second-order valence-corrected chi connectivity index (χ2v) is 12.0. The molecular formula is C36H36NO+. The first kappa shape index (κ1) is 19.4. The third-order valence-electron chi connectivity index (χ3n) is 8.83. The summed E-state index contributed by atoms with van der Waals surface area (Å²) in [4.78, 5) is 0. The summed E-state index contributed by atoms with van der Waals surface area (Å²) in [5, 5.41) is 6.80. The molecular weight excluding hydrogens is 462 g/mol. The fraction of sp³-hybridized carbons (Fsp3) is 0.306. The van der Waals surface area contributed by atoms with E-state index in [0.29, 0.717) is 18.4 Å². The predicted molar refractivity (Wildman–Crippen MR) is 160 cm³/mol. The lowest BCUT2D eigenvalue weighted by Gasteiger charge is -2.34. The number of fused-ring (bicyclic) bond motifs is 6. The van der Waals surface area contributed by atoms with Crippen LogP contribution in [0.5, 0.6) is 0 Å². The van der Waals surface area contributed by atoms with Gasteiger partial charge in [0.1, 0.15) is 18.2 Å². The second-order valence-electron chi connectivity index (χ2n) is 12.0. The van der Waals surface area contributed by atoms with Crippen molar-refractivity contribution in [1.82, 2.24) is 0 Å². The predicted octanol–water partition coefficient (Wildman–Crippen LogP) is 9.68. The lowest BCUT2D eigenvalue weighted by Crippen LogP contribution is -2.32. The van der Waals surface area contributed by atoms with E-state index >= 15 is 0 Å². The first-order valence-corrected chi connectivity index (χ1v) is 13.7. The molecule has 1 aliphatic rings. The number of aromatic nitrogens is 1. The van der Waals surface area contributed by atoms with E-state index in [1.54, 1.807) is 6.20 Å². The summed E-state index contributed by atoms with van der Waals surface area (Å²) >= 11 is 0. The number of nitrogens with zero attached hydrogens (tertiary/aromatic N) is 1.